The molecule has 1 aliphatic rings. The first-order valence-electron chi connectivity index (χ1n) is 11.9. The van der Waals surface area contributed by atoms with E-state index in [4.69, 9.17) is 38.4 Å². The van der Waals surface area contributed by atoms with Gasteiger partial charge in [-0.05, 0) is 48.4 Å². The number of nitrogens with zero attached hydrogens (tertiary/aromatic N) is 3. The average Bonchev–Trinajstić information content (AvgIpc) is 3.62. The zero-order valence-electron chi connectivity index (χ0n) is 20.3. The number of aromatic nitrogens is 3. The molecule has 5 rings (SSSR count). The standard InChI is InChI=1S/C27H22Cl2FN5O4/c28-20-5-1-3-18(23(20)29)21-10-12-35(34-21)24-19(4-2-11-32-24)25(36)33-22(15-16-6-8-17(30)9-7-16)27(26(31)37)38-13-14-39-27/h1-12,22H,13-15H2,(H2,31,37)(H,33,36). The highest BCUT2D eigenvalue weighted by Gasteiger charge is 2.51. The van der Waals surface area contributed by atoms with Gasteiger partial charge in [-0.2, -0.15) is 5.10 Å². The number of nitrogens with one attached hydrogen (secondary N) is 1. The summed E-state index contributed by atoms with van der Waals surface area (Å²) in [6.07, 6.45) is 3.23. The predicted octanol–water partition coefficient (Wildman–Crippen LogP) is 3.95. The van der Waals surface area contributed by atoms with Gasteiger partial charge in [0.1, 0.15) is 5.82 Å². The molecule has 1 aliphatic heterocycles. The summed E-state index contributed by atoms with van der Waals surface area (Å²) in [5, 5.41) is 8.10. The van der Waals surface area contributed by atoms with Crippen molar-refractivity contribution in [3.8, 4) is 17.1 Å². The number of carbonyl (C=O) groups excluding carboxylic acids is 2. The molecule has 1 saturated heterocycles. The number of pyridine rings is 1. The van der Waals surface area contributed by atoms with E-state index >= 15 is 0 Å². The molecule has 0 spiro atoms. The third-order valence-corrected chi connectivity index (χ3v) is 7.06. The number of amides is 2. The van der Waals surface area contributed by atoms with E-state index in [-0.39, 0.29) is 31.0 Å². The van der Waals surface area contributed by atoms with Crippen LogP contribution < -0.4 is 11.1 Å². The first kappa shape index (κ1) is 26.8. The Bertz CT molecular complexity index is 1520. The molecular weight excluding hydrogens is 548 g/mol. The van der Waals surface area contributed by atoms with Crippen LogP contribution in [0.25, 0.3) is 17.1 Å². The lowest BCUT2D eigenvalue weighted by molar-refractivity contribution is -0.189. The van der Waals surface area contributed by atoms with Gasteiger partial charge in [0.2, 0.25) is 0 Å². The van der Waals surface area contributed by atoms with Crippen LogP contribution >= 0.6 is 23.2 Å². The Morgan fingerprint density at radius 2 is 1.82 bits per heavy atom. The summed E-state index contributed by atoms with van der Waals surface area (Å²) in [5.74, 6) is -3.58. The molecule has 39 heavy (non-hydrogen) atoms. The molecule has 0 radical (unpaired) electrons. The third kappa shape index (κ3) is 5.37. The van der Waals surface area contributed by atoms with Crippen molar-refractivity contribution in [3.05, 3.63) is 100 Å². The van der Waals surface area contributed by atoms with Gasteiger partial charge in [-0.1, -0.05) is 47.5 Å². The molecule has 0 saturated carbocycles. The maximum atomic E-state index is 13.6. The number of ether oxygens (including phenoxy) is 2. The van der Waals surface area contributed by atoms with E-state index in [1.54, 1.807) is 54.7 Å². The van der Waals surface area contributed by atoms with Crippen LogP contribution in [0.4, 0.5) is 4.39 Å². The molecule has 2 aromatic heterocycles. The first-order chi connectivity index (χ1) is 18.8. The lowest BCUT2D eigenvalue weighted by Crippen LogP contribution is -2.61. The van der Waals surface area contributed by atoms with Gasteiger partial charge in [-0.25, -0.2) is 14.1 Å². The average molecular weight is 570 g/mol. The van der Waals surface area contributed by atoms with E-state index in [9.17, 15) is 14.0 Å². The normalized spacial score (nSPS) is 15.2. The van der Waals surface area contributed by atoms with Crippen LogP contribution in [0, 0.1) is 5.82 Å². The predicted molar refractivity (Wildman–Crippen MR) is 142 cm³/mol. The summed E-state index contributed by atoms with van der Waals surface area (Å²) in [6, 6.07) is 14.7. The SMILES string of the molecule is NC(=O)C1(C(Cc2ccc(F)cc2)NC(=O)c2cccnc2-n2ccc(-c3cccc(Cl)c3Cl)n2)OCCO1. The number of carbonyl (C=O) groups is 2. The monoisotopic (exact) mass is 569 g/mol. The van der Waals surface area contributed by atoms with E-state index in [2.05, 4.69) is 15.4 Å². The molecule has 1 unspecified atom stereocenters. The second-order valence-electron chi connectivity index (χ2n) is 8.71. The molecule has 1 fully saturated rings. The van der Waals surface area contributed by atoms with E-state index in [1.807, 2.05) is 0 Å². The molecule has 3 N–H and O–H groups in total. The van der Waals surface area contributed by atoms with Crippen LogP contribution in [0.2, 0.25) is 10.0 Å². The Kier molecular flexibility index (Phi) is 7.62. The van der Waals surface area contributed by atoms with Crippen LogP contribution in [0.15, 0.2) is 73.1 Å². The summed E-state index contributed by atoms with van der Waals surface area (Å²) in [4.78, 5) is 30.5. The van der Waals surface area contributed by atoms with Gasteiger partial charge in [-0.3, -0.25) is 9.59 Å². The van der Waals surface area contributed by atoms with Gasteiger partial charge >= 0.3 is 0 Å². The number of benzene rings is 2. The fraction of sp³-hybridized carbons (Fsp3) is 0.185. The van der Waals surface area contributed by atoms with Crippen molar-refractivity contribution in [2.45, 2.75) is 18.2 Å². The summed E-state index contributed by atoms with van der Waals surface area (Å²) in [6.45, 7) is 0.220. The zero-order valence-corrected chi connectivity index (χ0v) is 21.8. The van der Waals surface area contributed by atoms with Crippen LogP contribution in [0.1, 0.15) is 15.9 Å². The lowest BCUT2D eigenvalue weighted by Gasteiger charge is -2.33. The third-order valence-electron chi connectivity index (χ3n) is 6.24. The molecule has 12 heteroatoms. The molecule has 3 heterocycles. The number of hydrogen-bond acceptors (Lipinski definition) is 6. The summed E-state index contributed by atoms with van der Waals surface area (Å²) in [7, 11) is 0. The Morgan fingerprint density at radius 3 is 2.54 bits per heavy atom. The highest BCUT2D eigenvalue weighted by Crippen LogP contribution is 2.33. The van der Waals surface area contributed by atoms with Crippen LogP contribution in [0.5, 0.6) is 0 Å². The summed E-state index contributed by atoms with van der Waals surface area (Å²) in [5.41, 5.74) is 7.60. The highest BCUT2D eigenvalue weighted by molar-refractivity contribution is 6.43. The minimum atomic E-state index is -1.91. The number of nitrogens with two attached hydrogens (primary N) is 1. The van der Waals surface area contributed by atoms with Crippen molar-refractivity contribution >= 4 is 35.0 Å². The maximum absolute atomic E-state index is 13.6. The first-order valence-corrected chi connectivity index (χ1v) is 12.6. The number of primary amides is 1. The van der Waals surface area contributed by atoms with Gasteiger partial charge in [0.15, 0.2) is 5.82 Å². The Balaban J connectivity index is 1.47. The Labute approximate surface area is 232 Å². The number of hydrogen-bond donors (Lipinski definition) is 2. The molecule has 200 valence electrons. The Morgan fingerprint density at radius 1 is 1.08 bits per heavy atom. The van der Waals surface area contributed by atoms with Crippen molar-refractivity contribution in [1.82, 2.24) is 20.1 Å². The minimum Gasteiger partial charge on any atom is -0.365 e. The van der Waals surface area contributed by atoms with Crippen molar-refractivity contribution in [2.75, 3.05) is 13.2 Å². The number of rotatable bonds is 8. The van der Waals surface area contributed by atoms with Gasteiger partial charge in [0.05, 0.1) is 40.6 Å². The molecule has 0 bridgehead atoms. The van der Waals surface area contributed by atoms with Crippen molar-refractivity contribution in [3.63, 3.8) is 0 Å². The second-order valence-corrected chi connectivity index (χ2v) is 9.49. The quantitative estimate of drug-likeness (QED) is 0.331. The molecule has 2 amide bonds. The van der Waals surface area contributed by atoms with E-state index in [0.29, 0.717) is 26.9 Å². The summed E-state index contributed by atoms with van der Waals surface area (Å²) >= 11 is 12.5. The van der Waals surface area contributed by atoms with Crippen LogP contribution in [-0.4, -0.2) is 51.6 Å². The lowest BCUT2D eigenvalue weighted by atomic mass is 9.97. The zero-order chi connectivity index (χ0) is 27.6. The molecule has 0 aliphatic carbocycles. The van der Waals surface area contributed by atoms with Gasteiger partial charge < -0.3 is 20.5 Å². The van der Waals surface area contributed by atoms with Crippen molar-refractivity contribution in [2.24, 2.45) is 5.73 Å². The fourth-order valence-corrected chi connectivity index (χ4v) is 4.76. The molecule has 1 atom stereocenters. The van der Waals surface area contributed by atoms with E-state index in [1.165, 1.54) is 23.0 Å². The van der Waals surface area contributed by atoms with Crippen molar-refractivity contribution < 1.29 is 23.5 Å². The summed E-state index contributed by atoms with van der Waals surface area (Å²) < 4.78 is 26.2. The molecule has 2 aromatic carbocycles. The van der Waals surface area contributed by atoms with Crippen LogP contribution in [0.3, 0.4) is 0 Å². The van der Waals surface area contributed by atoms with Gasteiger partial charge in [-0.15, -0.1) is 0 Å². The van der Waals surface area contributed by atoms with E-state index in [0.717, 1.165) is 0 Å². The largest absolute Gasteiger partial charge is 0.365 e. The molecular formula is C27H22Cl2FN5O4. The van der Waals surface area contributed by atoms with Crippen LogP contribution in [-0.2, 0) is 20.7 Å². The van der Waals surface area contributed by atoms with Gasteiger partial charge in [0, 0.05) is 18.0 Å². The maximum Gasteiger partial charge on any atom is 0.280 e. The van der Waals surface area contributed by atoms with Gasteiger partial charge in [0.25, 0.3) is 17.6 Å². The number of halogens is 3. The Hall–Kier alpha value is -3.83. The fourth-order valence-electron chi connectivity index (χ4n) is 4.36. The van der Waals surface area contributed by atoms with Crippen molar-refractivity contribution in [1.29, 1.82) is 0 Å². The topological polar surface area (TPSA) is 121 Å². The molecule has 9 nitrogen and oxygen atoms in total. The second kappa shape index (κ2) is 11.1. The smallest absolute Gasteiger partial charge is 0.280 e. The highest BCUT2D eigenvalue weighted by atomic mass is 35.5. The van der Waals surface area contributed by atoms with E-state index < -0.39 is 29.5 Å². The minimum absolute atomic E-state index is 0.0732. The molecule has 4 aromatic rings.